The molecule has 1 aromatic rings. The van der Waals surface area contributed by atoms with E-state index in [0.717, 1.165) is 19.3 Å². The summed E-state index contributed by atoms with van der Waals surface area (Å²) in [7, 11) is -3.81. The van der Waals surface area contributed by atoms with Crippen molar-refractivity contribution in [2.45, 2.75) is 50.2 Å². The second-order valence-corrected chi connectivity index (χ2v) is 6.61. The molecule has 6 nitrogen and oxygen atoms in total. The average Bonchev–Trinajstić information content (AvgIpc) is 2.57. The van der Waals surface area contributed by atoms with E-state index in [4.69, 9.17) is 9.88 Å². The maximum absolute atomic E-state index is 12.0. The molecule has 1 aromatic heterocycles. The lowest BCUT2D eigenvalue weighted by Gasteiger charge is -2.28. The van der Waals surface area contributed by atoms with Crippen LogP contribution in [0.4, 0.5) is 0 Å². The van der Waals surface area contributed by atoms with Crippen LogP contribution in [0.5, 0.6) is 0 Å². The first kappa shape index (κ1) is 14.1. The van der Waals surface area contributed by atoms with Crippen LogP contribution in [0.15, 0.2) is 17.2 Å². The highest BCUT2D eigenvalue weighted by Gasteiger charge is 2.27. The summed E-state index contributed by atoms with van der Waals surface area (Å²) in [6.45, 7) is 3.49. The molecule has 7 heteroatoms. The third-order valence-corrected chi connectivity index (χ3v) is 4.05. The van der Waals surface area contributed by atoms with Crippen LogP contribution in [0.25, 0.3) is 0 Å². The van der Waals surface area contributed by atoms with Gasteiger partial charge in [-0.2, -0.15) is 0 Å². The Hall–Kier alpha value is -1.34. The first-order valence-corrected chi connectivity index (χ1v) is 7.79. The number of hydrogen-bond donors (Lipinski definition) is 1. The van der Waals surface area contributed by atoms with Crippen LogP contribution < -0.4 is 5.14 Å². The van der Waals surface area contributed by atoms with Gasteiger partial charge in [-0.1, -0.05) is 0 Å². The van der Waals surface area contributed by atoms with E-state index in [1.165, 1.54) is 12.3 Å². The fourth-order valence-electron chi connectivity index (χ4n) is 2.01. The molecule has 1 heterocycles. The summed E-state index contributed by atoms with van der Waals surface area (Å²) in [5, 5.41) is 5.11. The van der Waals surface area contributed by atoms with E-state index in [1.807, 2.05) is 0 Å². The number of esters is 1. The molecule has 2 N–H and O–H groups in total. The van der Waals surface area contributed by atoms with E-state index < -0.39 is 16.0 Å². The van der Waals surface area contributed by atoms with Crippen molar-refractivity contribution in [1.82, 2.24) is 4.57 Å². The molecule has 106 valence electrons. The molecule has 0 atom stereocenters. The zero-order chi connectivity index (χ0) is 14.2. The Morgan fingerprint density at radius 3 is 2.53 bits per heavy atom. The SMILES string of the molecule is CC(C)OC(=O)c1cc(S(N)(=O)=O)cn1C1CCC1. The molecule has 0 unspecified atom stereocenters. The van der Waals surface area contributed by atoms with Crippen molar-refractivity contribution in [3.63, 3.8) is 0 Å². The number of nitrogens with zero attached hydrogens (tertiary/aromatic N) is 1. The van der Waals surface area contributed by atoms with Crippen molar-refractivity contribution >= 4 is 16.0 Å². The molecule has 2 rings (SSSR count). The zero-order valence-corrected chi connectivity index (χ0v) is 11.8. The first-order valence-electron chi connectivity index (χ1n) is 6.24. The van der Waals surface area contributed by atoms with Gasteiger partial charge in [-0.3, -0.25) is 0 Å². The lowest BCUT2D eigenvalue weighted by molar-refractivity contribution is 0.0359. The van der Waals surface area contributed by atoms with Gasteiger partial charge in [0.1, 0.15) is 10.6 Å². The molecule has 0 bridgehead atoms. The van der Waals surface area contributed by atoms with Gasteiger partial charge in [0.05, 0.1) is 6.10 Å². The number of nitrogens with two attached hydrogens (primary N) is 1. The maximum atomic E-state index is 12.0. The lowest BCUT2D eigenvalue weighted by Crippen LogP contribution is -2.22. The number of hydrogen-bond acceptors (Lipinski definition) is 4. The van der Waals surface area contributed by atoms with Crippen molar-refractivity contribution in [2.24, 2.45) is 5.14 Å². The number of aromatic nitrogens is 1. The topological polar surface area (TPSA) is 91.4 Å². The number of rotatable bonds is 4. The minimum absolute atomic E-state index is 0.0462. The highest BCUT2D eigenvalue weighted by Crippen LogP contribution is 2.34. The Kier molecular flexibility index (Phi) is 3.69. The summed E-state index contributed by atoms with van der Waals surface area (Å²) in [4.78, 5) is 11.9. The zero-order valence-electron chi connectivity index (χ0n) is 11.0. The van der Waals surface area contributed by atoms with Gasteiger partial charge in [-0.05, 0) is 39.2 Å². The summed E-state index contributed by atoms with van der Waals surface area (Å²) >= 11 is 0. The van der Waals surface area contributed by atoms with Gasteiger partial charge >= 0.3 is 5.97 Å². The molecule has 1 aliphatic carbocycles. The fourth-order valence-corrected chi connectivity index (χ4v) is 2.55. The van der Waals surface area contributed by atoms with E-state index in [-0.39, 0.29) is 22.7 Å². The third-order valence-electron chi connectivity index (χ3n) is 3.17. The number of primary sulfonamides is 1. The van der Waals surface area contributed by atoms with Crippen LogP contribution >= 0.6 is 0 Å². The van der Waals surface area contributed by atoms with E-state index in [2.05, 4.69) is 0 Å². The van der Waals surface area contributed by atoms with Crippen LogP contribution in [0.2, 0.25) is 0 Å². The number of carbonyl (C=O) groups is 1. The van der Waals surface area contributed by atoms with Crippen LogP contribution in [0.3, 0.4) is 0 Å². The molecule has 1 saturated carbocycles. The van der Waals surface area contributed by atoms with Crippen LogP contribution in [-0.2, 0) is 14.8 Å². The van der Waals surface area contributed by atoms with Crippen molar-refractivity contribution in [3.8, 4) is 0 Å². The van der Waals surface area contributed by atoms with E-state index in [1.54, 1.807) is 18.4 Å². The lowest BCUT2D eigenvalue weighted by atomic mass is 9.93. The Balaban J connectivity index is 2.39. The number of sulfonamides is 1. The Bertz CT molecular complexity index is 585. The largest absolute Gasteiger partial charge is 0.458 e. The van der Waals surface area contributed by atoms with Gasteiger partial charge in [-0.25, -0.2) is 18.4 Å². The quantitative estimate of drug-likeness (QED) is 0.847. The molecule has 1 fully saturated rings. The third kappa shape index (κ3) is 2.98. The molecule has 0 aliphatic heterocycles. The molecule has 0 radical (unpaired) electrons. The normalized spacial score (nSPS) is 16.4. The minimum atomic E-state index is -3.81. The van der Waals surface area contributed by atoms with E-state index in [9.17, 15) is 13.2 Å². The smallest absolute Gasteiger partial charge is 0.355 e. The standard InChI is InChI=1S/C12H18N2O4S/c1-8(2)18-12(15)11-6-10(19(13,16)17)7-14(11)9-4-3-5-9/h6-9H,3-5H2,1-2H3,(H2,13,16,17). The predicted octanol–water partition coefficient (Wildman–Crippen LogP) is 1.43. The second kappa shape index (κ2) is 4.97. The summed E-state index contributed by atoms with van der Waals surface area (Å²) in [5.74, 6) is -0.517. The Morgan fingerprint density at radius 2 is 2.11 bits per heavy atom. The van der Waals surface area contributed by atoms with Crippen LogP contribution in [0, 0.1) is 0 Å². The first-order chi connectivity index (χ1) is 8.79. The predicted molar refractivity (Wildman–Crippen MR) is 69.2 cm³/mol. The Labute approximate surface area is 112 Å². The highest BCUT2D eigenvalue weighted by molar-refractivity contribution is 7.89. The van der Waals surface area contributed by atoms with Gasteiger partial charge in [0.25, 0.3) is 0 Å². The monoisotopic (exact) mass is 286 g/mol. The fraction of sp³-hybridized carbons (Fsp3) is 0.583. The van der Waals surface area contributed by atoms with E-state index >= 15 is 0 Å². The molecule has 19 heavy (non-hydrogen) atoms. The summed E-state index contributed by atoms with van der Waals surface area (Å²) in [5.41, 5.74) is 0.252. The van der Waals surface area contributed by atoms with Gasteiger partial charge in [0, 0.05) is 12.2 Å². The van der Waals surface area contributed by atoms with Gasteiger partial charge in [0.2, 0.25) is 10.0 Å². The Morgan fingerprint density at radius 1 is 1.47 bits per heavy atom. The van der Waals surface area contributed by atoms with Crippen LogP contribution in [0.1, 0.15) is 49.6 Å². The van der Waals surface area contributed by atoms with Crippen molar-refractivity contribution < 1.29 is 17.9 Å². The number of ether oxygens (including phenoxy) is 1. The highest BCUT2D eigenvalue weighted by atomic mass is 32.2. The molecular weight excluding hydrogens is 268 g/mol. The minimum Gasteiger partial charge on any atom is -0.458 e. The van der Waals surface area contributed by atoms with E-state index in [0.29, 0.717) is 0 Å². The maximum Gasteiger partial charge on any atom is 0.355 e. The van der Waals surface area contributed by atoms with Gasteiger partial charge < -0.3 is 9.30 Å². The summed E-state index contributed by atoms with van der Waals surface area (Å²) in [6.07, 6.45) is 4.11. The second-order valence-electron chi connectivity index (χ2n) is 5.05. The number of carbonyl (C=O) groups excluding carboxylic acids is 1. The van der Waals surface area contributed by atoms with Crippen LogP contribution in [-0.4, -0.2) is 25.1 Å². The summed E-state index contributed by atoms with van der Waals surface area (Å²) in [6, 6.07) is 1.45. The van der Waals surface area contributed by atoms with Gasteiger partial charge in [-0.15, -0.1) is 0 Å². The van der Waals surface area contributed by atoms with Crippen molar-refractivity contribution in [1.29, 1.82) is 0 Å². The summed E-state index contributed by atoms with van der Waals surface area (Å²) < 4.78 is 29.6. The molecule has 0 spiro atoms. The molecular formula is C12H18N2O4S. The molecule has 1 aliphatic rings. The van der Waals surface area contributed by atoms with Crippen molar-refractivity contribution in [2.75, 3.05) is 0 Å². The van der Waals surface area contributed by atoms with Gasteiger partial charge in [0.15, 0.2) is 0 Å². The molecule has 0 saturated heterocycles. The molecule has 0 aromatic carbocycles. The van der Waals surface area contributed by atoms with Crippen molar-refractivity contribution in [3.05, 3.63) is 18.0 Å². The average molecular weight is 286 g/mol. The molecule has 0 amide bonds.